The molecule has 0 bridgehead atoms. The van der Waals surface area contributed by atoms with E-state index in [9.17, 15) is 4.79 Å². The minimum Gasteiger partial charge on any atom is -0.260 e. The van der Waals surface area contributed by atoms with E-state index in [0.29, 0.717) is 0 Å². The molecule has 1 aliphatic carbocycles. The largest absolute Gasteiger partial charge is 0.338 e. The van der Waals surface area contributed by atoms with Gasteiger partial charge in [-0.2, -0.15) is 0 Å². The van der Waals surface area contributed by atoms with Gasteiger partial charge >= 0.3 is 5.69 Å². The molecule has 242 valence electrons. The fraction of sp³-hybridized carbons (Fsp3) is 0. The summed E-state index contributed by atoms with van der Waals surface area (Å²) in [5.41, 5.74) is 13.4. The molecule has 3 nitrogen and oxygen atoms in total. The van der Waals surface area contributed by atoms with Gasteiger partial charge in [-0.3, -0.25) is 9.13 Å². The predicted molar refractivity (Wildman–Crippen MR) is 217 cm³/mol. The molecule has 0 spiro atoms. The Bertz CT molecular complexity index is 3040. The Balaban J connectivity index is 1.12. The Hall–Kier alpha value is -6.97. The van der Waals surface area contributed by atoms with Crippen LogP contribution in [0.1, 0.15) is 0 Å². The van der Waals surface area contributed by atoms with Crippen molar-refractivity contribution in [1.29, 1.82) is 0 Å². The van der Waals surface area contributed by atoms with Gasteiger partial charge in [-0.05, 0) is 113 Å². The first kappa shape index (κ1) is 28.8. The molecule has 3 heteroatoms. The normalized spacial score (nSPS) is 11.9. The minimum atomic E-state index is -0.0890. The van der Waals surface area contributed by atoms with E-state index in [2.05, 4.69) is 127 Å². The van der Waals surface area contributed by atoms with E-state index in [1.807, 2.05) is 59.2 Å². The van der Waals surface area contributed by atoms with Gasteiger partial charge in [0.05, 0.1) is 22.4 Å². The third kappa shape index (κ3) is 3.99. The summed E-state index contributed by atoms with van der Waals surface area (Å²) in [6, 6.07) is 64.1. The smallest absolute Gasteiger partial charge is 0.260 e. The molecule has 0 saturated carbocycles. The first-order chi connectivity index (χ1) is 25.8. The molecule has 0 aliphatic heterocycles. The van der Waals surface area contributed by atoms with Gasteiger partial charge in [0.25, 0.3) is 0 Å². The fourth-order valence-electron chi connectivity index (χ4n) is 8.76. The molecular weight excluding hydrogens is 633 g/mol. The van der Waals surface area contributed by atoms with Crippen LogP contribution in [-0.2, 0) is 0 Å². The lowest BCUT2D eigenvalue weighted by Gasteiger charge is -2.19. The van der Waals surface area contributed by atoms with E-state index >= 15 is 0 Å². The lowest BCUT2D eigenvalue weighted by atomic mass is 9.84. The van der Waals surface area contributed by atoms with Crippen molar-refractivity contribution in [3.63, 3.8) is 0 Å². The summed E-state index contributed by atoms with van der Waals surface area (Å²) in [5, 5.41) is 7.45. The maximum absolute atomic E-state index is 14.1. The van der Waals surface area contributed by atoms with Crippen molar-refractivity contribution >= 4 is 43.4 Å². The molecule has 0 atom stereocenters. The molecule has 0 amide bonds. The number of benzene rings is 9. The van der Waals surface area contributed by atoms with Gasteiger partial charge in [0.1, 0.15) is 0 Å². The van der Waals surface area contributed by atoms with E-state index in [0.717, 1.165) is 28.0 Å². The second kappa shape index (κ2) is 11.0. The topological polar surface area (TPSA) is 26.9 Å². The van der Waals surface area contributed by atoms with Gasteiger partial charge < -0.3 is 0 Å². The van der Waals surface area contributed by atoms with Crippen LogP contribution in [0.15, 0.2) is 187 Å². The zero-order valence-corrected chi connectivity index (χ0v) is 28.1. The summed E-state index contributed by atoms with van der Waals surface area (Å²) in [5.74, 6) is 0. The summed E-state index contributed by atoms with van der Waals surface area (Å²) in [4.78, 5) is 14.1. The van der Waals surface area contributed by atoms with Crippen LogP contribution in [0.4, 0.5) is 0 Å². The van der Waals surface area contributed by atoms with E-state index in [1.165, 1.54) is 71.3 Å². The SMILES string of the molecule is O=c1n(-c2ccccc2)c2ccccc2n1-c1ccc(-c2c3ccccc3c(-c3ccc4c5c(cccc35)-c3ccccc3-4)c3ccccc23)cc1. The number of rotatable bonds is 4. The van der Waals surface area contributed by atoms with E-state index in [-0.39, 0.29) is 5.69 Å². The van der Waals surface area contributed by atoms with Crippen LogP contribution in [0.2, 0.25) is 0 Å². The standard InChI is InChI=1S/C49H30N2O/c52-49-50(32-13-2-1-3-14-32)44-23-10-11-24-45(44)51(49)33-27-25-31(26-28-33)46-37-17-6-8-19-39(37)48(40-20-9-7-18-38(40)46)43-30-29-42-35-16-5-4-15-34(35)36-21-12-22-41(43)47(36)42/h1-30H. The van der Waals surface area contributed by atoms with Gasteiger partial charge in [0.15, 0.2) is 0 Å². The molecule has 52 heavy (non-hydrogen) atoms. The molecular formula is C49H30N2O. The maximum Gasteiger partial charge on any atom is 0.338 e. The average molecular weight is 663 g/mol. The highest BCUT2D eigenvalue weighted by Gasteiger charge is 2.24. The summed E-state index contributed by atoms with van der Waals surface area (Å²) < 4.78 is 3.61. The van der Waals surface area contributed by atoms with Gasteiger partial charge in [-0.1, -0.05) is 146 Å². The molecule has 0 saturated heterocycles. The van der Waals surface area contributed by atoms with E-state index in [1.54, 1.807) is 4.57 Å². The Labute approximate surface area is 299 Å². The molecule has 1 aliphatic rings. The number of hydrogen-bond donors (Lipinski definition) is 0. The number of imidazole rings is 1. The second-order valence-electron chi connectivity index (χ2n) is 13.6. The van der Waals surface area contributed by atoms with Crippen molar-refractivity contribution in [2.45, 2.75) is 0 Å². The Morgan fingerprint density at radius 2 is 0.750 bits per heavy atom. The molecule has 0 radical (unpaired) electrons. The lowest BCUT2D eigenvalue weighted by Crippen LogP contribution is -2.22. The molecule has 0 unspecified atom stereocenters. The maximum atomic E-state index is 14.1. The monoisotopic (exact) mass is 662 g/mol. The van der Waals surface area contributed by atoms with Gasteiger partial charge in [0.2, 0.25) is 0 Å². The number of para-hydroxylation sites is 3. The van der Waals surface area contributed by atoms with Crippen molar-refractivity contribution < 1.29 is 0 Å². The van der Waals surface area contributed by atoms with Crippen molar-refractivity contribution in [3.8, 4) is 55.9 Å². The quantitative estimate of drug-likeness (QED) is 0.172. The zero-order valence-electron chi connectivity index (χ0n) is 28.1. The first-order valence-electron chi connectivity index (χ1n) is 17.7. The molecule has 10 aromatic rings. The molecule has 0 fully saturated rings. The highest BCUT2D eigenvalue weighted by Crippen LogP contribution is 2.51. The zero-order chi connectivity index (χ0) is 34.3. The number of hydrogen-bond acceptors (Lipinski definition) is 1. The third-order valence-corrected chi connectivity index (χ3v) is 10.9. The summed E-state index contributed by atoms with van der Waals surface area (Å²) in [7, 11) is 0. The van der Waals surface area contributed by atoms with Crippen molar-refractivity contribution in [3.05, 3.63) is 192 Å². The first-order valence-corrected chi connectivity index (χ1v) is 17.7. The Morgan fingerprint density at radius 3 is 1.37 bits per heavy atom. The predicted octanol–water partition coefficient (Wildman–Crippen LogP) is 12.2. The number of nitrogens with zero attached hydrogens (tertiary/aromatic N) is 2. The Morgan fingerprint density at radius 1 is 0.308 bits per heavy atom. The highest BCUT2D eigenvalue weighted by molar-refractivity contribution is 6.26. The second-order valence-corrected chi connectivity index (χ2v) is 13.6. The lowest BCUT2D eigenvalue weighted by molar-refractivity contribution is 0.931. The van der Waals surface area contributed by atoms with Crippen LogP contribution >= 0.6 is 0 Å². The van der Waals surface area contributed by atoms with Crippen LogP contribution < -0.4 is 5.69 Å². The van der Waals surface area contributed by atoms with Gasteiger partial charge in [-0.15, -0.1) is 0 Å². The molecule has 9 aromatic carbocycles. The van der Waals surface area contributed by atoms with Crippen molar-refractivity contribution in [2.24, 2.45) is 0 Å². The van der Waals surface area contributed by atoms with Crippen LogP contribution in [0, 0.1) is 0 Å². The molecule has 11 rings (SSSR count). The molecule has 0 N–H and O–H groups in total. The Kier molecular flexibility index (Phi) is 6.11. The molecule has 1 heterocycles. The fourth-order valence-corrected chi connectivity index (χ4v) is 8.76. The molecule has 1 aromatic heterocycles. The van der Waals surface area contributed by atoms with Crippen LogP contribution in [-0.4, -0.2) is 9.13 Å². The summed E-state index contributed by atoms with van der Waals surface area (Å²) in [6.45, 7) is 0. The van der Waals surface area contributed by atoms with E-state index in [4.69, 9.17) is 0 Å². The third-order valence-electron chi connectivity index (χ3n) is 10.9. The van der Waals surface area contributed by atoms with E-state index < -0.39 is 0 Å². The number of fused-ring (bicyclic) bond motifs is 6. The minimum absolute atomic E-state index is 0.0890. The van der Waals surface area contributed by atoms with Gasteiger partial charge in [-0.25, -0.2) is 4.79 Å². The van der Waals surface area contributed by atoms with Crippen molar-refractivity contribution in [1.82, 2.24) is 9.13 Å². The summed E-state index contributed by atoms with van der Waals surface area (Å²) in [6.07, 6.45) is 0. The summed E-state index contributed by atoms with van der Waals surface area (Å²) >= 11 is 0. The highest BCUT2D eigenvalue weighted by atomic mass is 16.1. The van der Waals surface area contributed by atoms with Crippen molar-refractivity contribution in [2.75, 3.05) is 0 Å². The van der Waals surface area contributed by atoms with Crippen LogP contribution in [0.25, 0.3) is 99.2 Å². The van der Waals surface area contributed by atoms with Gasteiger partial charge in [0, 0.05) is 0 Å². The van der Waals surface area contributed by atoms with Crippen LogP contribution in [0.3, 0.4) is 0 Å². The average Bonchev–Trinajstić information content (AvgIpc) is 3.70. The number of aromatic nitrogens is 2. The van der Waals surface area contributed by atoms with Crippen LogP contribution in [0.5, 0.6) is 0 Å².